The molecule has 0 aromatic carbocycles. The maximum atomic E-state index is 12.7. The van der Waals surface area contributed by atoms with E-state index in [-0.39, 0.29) is 17.9 Å². The topological polar surface area (TPSA) is 96.4 Å². The zero-order valence-electron chi connectivity index (χ0n) is 20.2. The van der Waals surface area contributed by atoms with Crippen molar-refractivity contribution in [1.29, 1.82) is 5.26 Å². The van der Waals surface area contributed by atoms with Gasteiger partial charge in [-0.25, -0.2) is 9.50 Å². The Morgan fingerprint density at radius 2 is 2.00 bits per heavy atom. The Bertz CT molecular complexity index is 1280. The van der Waals surface area contributed by atoms with Gasteiger partial charge in [0.15, 0.2) is 5.82 Å². The van der Waals surface area contributed by atoms with Crippen LogP contribution in [0.2, 0.25) is 0 Å². The summed E-state index contributed by atoms with van der Waals surface area (Å²) in [5.74, 6) is 1.17. The first kappa shape index (κ1) is 22.3. The monoisotopic (exact) mass is 458 g/mol. The summed E-state index contributed by atoms with van der Waals surface area (Å²) in [7, 11) is 0. The lowest BCUT2D eigenvalue weighted by molar-refractivity contribution is -0.161. The van der Waals surface area contributed by atoms with Gasteiger partial charge in [-0.2, -0.15) is 10.4 Å². The van der Waals surface area contributed by atoms with Crippen molar-refractivity contribution < 1.29 is 9.53 Å². The number of pyridine rings is 1. The van der Waals surface area contributed by atoms with E-state index in [0.29, 0.717) is 11.5 Å². The molecule has 1 saturated carbocycles. The number of hydrogen-bond acceptors (Lipinski definition) is 7. The molecular weight excluding hydrogens is 428 g/mol. The molecule has 34 heavy (non-hydrogen) atoms. The van der Waals surface area contributed by atoms with Gasteiger partial charge in [-0.05, 0) is 83.1 Å². The van der Waals surface area contributed by atoms with Gasteiger partial charge < -0.3 is 9.64 Å². The highest BCUT2D eigenvalue weighted by Crippen LogP contribution is 2.46. The highest BCUT2D eigenvalue weighted by molar-refractivity contribution is 5.81. The molecule has 0 N–H and O–H groups in total. The van der Waals surface area contributed by atoms with Crippen LogP contribution in [0.15, 0.2) is 30.7 Å². The van der Waals surface area contributed by atoms with E-state index >= 15 is 0 Å². The van der Waals surface area contributed by atoms with Gasteiger partial charge in [0.25, 0.3) is 0 Å². The van der Waals surface area contributed by atoms with E-state index in [9.17, 15) is 10.1 Å². The number of carbonyl (C=O) groups is 1. The van der Waals surface area contributed by atoms with Crippen LogP contribution in [-0.4, -0.2) is 43.7 Å². The second kappa shape index (κ2) is 8.39. The summed E-state index contributed by atoms with van der Waals surface area (Å²) in [6, 6.07) is 8.00. The summed E-state index contributed by atoms with van der Waals surface area (Å²) in [6.07, 6.45) is 7.00. The van der Waals surface area contributed by atoms with Gasteiger partial charge >= 0.3 is 5.97 Å². The highest BCUT2D eigenvalue weighted by atomic mass is 16.6. The molecule has 2 atom stereocenters. The van der Waals surface area contributed by atoms with E-state index in [2.05, 4.69) is 34.0 Å². The number of nitriles is 1. The first-order chi connectivity index (χ1) is 16.2. The Labute approximate surface area is 199 Å². The number of fused-ring (bicyclic) bond motifs is 1. The predicted molar refractivity (Wildman–Crippen MR) is 128 cm³/mol. The minimum Gasteiger partial charge on any atom is -0.460 e. The first-order valence-corrected chi connectivity index (χ1v) is 12.0. The number of ether oxygens (including phenoxy) is 1. The van der Waals surface area contributed by atoms with Gasteiger partial charge in [0, 0.05) is 18.8 Å². The summed E-state index contributed by atoms with van der Waals surface area (Å²) >= 11 is 0. The van der Waals surface area contributed by atoms with E-state index < -0.39 is 5.60 Å². The number of aromatic nitrogens is 4. The third-order valence-corrected chi connectivity index (χ3v) is 6.62. The van der Waals surface area contributed by atoms with Crippen LogP contribution in [0, 0.1) is 17.2 Å². The molecule has 176 valence electrons. The van der Waals surface area contributed by atoms with Crippen LogP contribution < -0.4 is 4.90 Å². The maximum absolute atomic E-state index is 12.7. The van der Waals surface area contributed by atoms with E-state index in [0.717, 1.165) is 55.0 Å². The third kappa shape index (κ3) is 4.23. The molecule has 0 unspecified atom stereocenters. The number of piperidine rings is 1. The molecule has 0 bridgehead atoms. The standard InChI is InChI=1S/C26H30N6O2/c1-16-11-19(25(33)34-26(2,3)4)8-10-31(16)24-23-20(18-5-6-18)13-22(32(23)30-15-29-24)21-12-17(14-27)7-9-28-21/h7,9,12-13,15-16,18-19H,5-6,8,10-11H2,1-4H3/t16-,19+/m1/s1. The summed E-state index contributed by atoms with van der Waals surface area (Å²) < 4.78 is 7.57. The van der Waals surface area contributed by atoms with Crippen molar-refractivity contribution in [3.63, 3.8) is 0 Å². The van der Waals surface area contributed by atoms with Crippen LogP contribution >= 0.6 is 0 Å². The molecule has 0 radical (unpaired) electrons. The predicted octanol–water partition coefficient (Wildman–Crippen LogP) is 4.49. The SMILES string of the molecule is C[C@@H]1C[C@@H](C(=O)OC(C)(C)C)CCN1c1ncnn2c(-c3cc(C#N)ccn3)cc(C3CC3)c12. The van der Waals surface area contributed by atoms with Crippen LogP contribution in [0.3, 0.4) is 0 Å². The molecule has 0 amide bonds. The van der Waals surface area contributed by atoms with Gasteiger partial charge in [-0.3, -0.25) is 9.78 Å². The lowest BCUT2D eigenvalue weighted by Gasteiger charge is -2.38. The van der Waals surface area contributed by atoms with Crippen molar-refractivity contribution in [1.82, 2.24) is 19.6 Å². The lowest BCUT2D eigenvalue weighted by Crippen LogP contribution is -2.44. The van der Waals surface area contributed by atoms with Crippen molar-refractivity contribution >= 4 is 17.3 Å². The zero-order chi connectivity index (χ0) is 24.0. The van der Waals surface area contributed by atoms with Gasteiger partial charge in [-0.15, -0.1) is 0 Å². The minimum absolute atomic E-state index is 0.105. The summed E-state index contributed by atoms with van der Waals surface area (Å²) in [4.78, 5) is 24.2. The fourth-order valence-corrected chi connectivity index (χ4v) is 4.88. The smallest absolute Gasteiger partial charge is 0.309 e. The van der Waals surface area contributed by atoms with Crippen LogP contribution in [0.4, 0.5) is 5.82 Å². The van der Waals surface area contributed by atoms with Gasteiger partial charge in [0.05, 0.1) is 28.9 Å². The molecule has 8 heteroatoms. The van der Waals surface area contributed by atoms with Crippen molar-refractivity contribution in [3.8, 4) is 17.5 Å². The average Bonchev–Trinajstić information content (AvgIpc) is 3.57. The summed E-state index contributed by atoms with van der Waals surface area (Å²) in [5.41, 5.74) is 3.92. The fraction of sp³-hybridized carbons (Fsp3) is 0.500. The van der Waals surface area contributed by atoms with E-state index in [1.165, 1.54) is 5.56 Å². The maximum Gasteiger partial charge on any atom is 0.309 e. The normalized spacial score (nSPS) is 20.9. The quantitative estimate of drug-likeness (QED) is 0.532. The number of carbonyl (C=O) groups excluding carboxylic acids is 1. The largest absolute Gasteiger partial charge is 0.460 e. The molecule has 4 heterocycles. The van der Waals surface area contributed by atoms with E-state index in [1.807, 2.05) is 25.3 Å². The molecule has 1 aliphatic heterocycles. The van der Waals surface area contributed by atoms with Crippen molar-refractivity contribution in [2.45, 2.75) is 70.9 Å². The average molecular weight is 459 g/mol. The molecule has 3 aromatic heterocycles. The molecule has 3 aromatic rings. The van der Waals surface area contributed by atoms with Gasteiger partial charge in [-0.1, -0.05) is 0 Å². The highest BCUT2D eigenvalue weighted by Gasteiger charge is 2.36. The lowest BCUT2D eigenvalue weighted by atomic mass is 9.91. The van der Waals surface area contributed by atoms with Crippen LogP contribution in [0.1, 0.15) is 70.4 Å². The van der Waals surface area contributed by atoms with E-state index in [1.54, 1.807) is 24.7 Å². The van der Waals surface area contributed by atoms with Crippen LogP contribution in [-0.2, 0) is 9.53 Å². The first-order valence-electron chi connectivity index (χ1n) is 12.0. The number of esters is 1. The Hall–Kier alpha value is -3.47. The Balaban J connectivity index is 1.51. The molecule has 2 fully saturated rings. The van der Waals surface area contributed by atoms with E-state index in [4.69, 9.17) is 9.72 Å². The molecular formula is C26H30N6O2. The Morgan fingerprint density at radius 1 is 1.21 bits per heavy atom. The van der Waals surface area contributed by atoms with Crippen molar-refractivity contribution in [2.24, 2.45) is 5.92 Å². The number of nitrogens with zero attached hydrogens (tertiary/aromatic N) is 6. The van der Waals surface area contributed by atoms with Crippen LogP contribution in [0.25, 0.3) is 16.9 Å². The number of hydrogen-bond donors (Lipinski definition) is 0. The van der Waals surface area contributed by atoms with Crippen molar-refractivity contribution in [3.05, 3.63) is 41.9 Å². The summed E-state index contributed by atoms with van der Waals surface area (Å²) in [5, 5.41) is 13.9. The Morgan fingerprint density at radius 3 is 2.68 bits per heavy atom. The van der Waals surface area contributed by atoms with Gasteiger partial charge in [0.1, 0.15) is 17.4 Å². The van der Waals surface area contributed by atoms with Crippen molar-refractivity contribution in [2.75, 3.05) is 11.4 Å². The minimum atomic E-state index is -0.478. The molecule has 1 aliphatic carbocycles. The molecule has 2 aliphatic rings. The summed E-state index contributed by atoms with van der Waals surface area (Å²) in [6.45, 7) is 8.60. The fourth-order valence-electron chi connectivity index (χ4n) is 4.88. The zero-order valence-corrected chi connectivity index (χ0v) is 20.2. The Kier molecular flexibility index (Phi) is 5.51. The number of anilines is 1. The number of rotatable bonds is 4. The third-order valence-electron chi connectivity index (χ3n) is 6.62. The van der Waals surface area contributed by atoms with Gasteiger partial charge in [0.2, 0.25) is 0 Å². The molecule has 5 rings (SSSR count). The molecule has 1 saturated heterocycles. The second-order valence-electron chi connectivity index (χ2n) is 10.4. The molecule has 0 spiro atoms. The second-order valence-corrected chi connectivity index (χ2v) is 10.4. The van der Waals surface area contributed by atoms with Crippen LogP contribution in [0.5, 0.6) is 0 Å². The molecule has 8 nitrogen and oxygen atoms in total.